The van der Waals surface area contributed by atoms with E-state index in [4.69, 9.17) is 11.6 Å². The van der Waals surface area contributed by atoms with Crippen LogP contribution in [-0.4, -0.2) is 20.1 Å². The van der Waals surface area contributed by atoms with Crippen molar-refractivity contribution in [1.82, 2.24) is 14.2 Å². The molecule has 1 N–H and O–H groups in total. The molecule has 6 nitrogen and oxygen atoms in total. The van der Waals surface area contributed by atoms with Crippen molar-refractivity contribution in [2.24, 2.45) is 0 Å². The van der Waals surface area contributed by atoms with Crippen molar-refractivity contribution < 1.29 is 18.0 Å². The number of rotatable bonds is 4. The number of carbonyl (C=O) groups excluding carboxylic acids is 1. The molecule has 0 fully saturated rings. The van der Waals surface area contributed by atoms with E-state index in [9.17, 15) is 22.8 Å². The smallest absolute Gasteiger partial charge is 0.325 e. The number of nitrogens with zero attached hydrogens (tertiary/aromatic N) is 3. The Labute approximate surface area is 178 Å². The van der Waals surface area contributed by atoms with Gasteiger partial charge in [-0.25, -0.2) is 4.52 Å². The second kappa shape index (κ2) is 7.92. The zero-order valence-electron chi connectivity index (χ0n) is 15.7. The Morgan fingerprint density at radius 3 is 2.52 bits per heavy atom. The lowest BCUT2D eigenvalue weighted by Crippen LogP contribution is -2.28. The summed E-state index contributed by atoms with van der Waals surface area (Å²) in [7, 11) is 0. The van der Waals surface area contributed by atoms with E-state index in [1.807, 2.05) is 0 Å². The van der Waals surface area contributed by atoms with Gasteiger partial charge in [-0.15, -0.1) is 0 Å². The fourth-order valence-corrected chi connectivity index (χ4v) is 3.17. The Bertz CT molecular complexity index is 1330. The molecule has 0 unspecified atom stereocenters. The molecule has 31 heavy (non-hydrogen) atoms. The number of halogens is 4. The lowest BCUT2D eigenvalue weighted by molar-refractivity contribution is -0.137. The van der Waals surface area contributed by atoms with Gasteiger partial charge in [-0.1, -0.05) is 29.8 Å². The van der Waals surface area contributed by atoms with Crippen LogP contribution in [0, 0.1) is 0 Å². The van der Waals surface area contributed by atoms with Crippen LogP contribution >= 0.6 is 11.6 Å². The highest BCUT2D eigenvalue weighted by Gasteiger charge is 2.30. The average molecular weight is 447 g/mol. The first-order valence-electron chi connectivity index (χ1n) is 9.02. The number of benzene rings is 2. The van der Waals surface area contributed by atoms with Crippen LogP contribution in [-0.2, 0) is 17.5 Å². The van der Waals surface area contributed by atoms with Crippen molar-refractivity contribution in [3.8, 4) is 11.3 Å². The minimum absolute atomic E-state index is 0.0108. The zero-order valence-corrected chi connectivity index (χ0v) is 16.5. The highest BCUT2D eigenvalue weighted by Crippen LogP contribution is 2.30. The van der Waals surface area contributed by atoms with Gasteiger partial charge in [0.25, 0.3) is 5.56 Å². The monoisotopic (exact) mass is 446 g/mol. The maximum atomic E-state index is 12.8. The summed E-state index contributed by atoms with van der Waals surface area (Å²) in [6, 6.07) is 12.8. The molecule has 4 rings (SSSR count). The van der Waals surface area contributed by atoms with Crippen molar-refractivity contribution >= 4 is 28.7 Å². The van der Waals surface area contributed by atoms with E-state index >= 15 is 0 Å². The molecule has 4 aromatic rings. The lowest BCUT2D eigenvalue weighted by Gasteiger charge is -2.10. The van der Waals surface area contributed by atoms with Crippen LogP contribution in [0.1, 0.15) is 5.56 Å². The average Bonchev–Trinajstić information content (AvgIpc) is 3.15. The number of carbonyl (C=O) groups is 1. The lowest BCUT2D eigenvalue weighted by atomic mass is 10.1. The van der Waals surface area contributed by atoms with Crippen LogP contribution in [0.15, 0.2) is 71.8 Å². The summed E-state index contributed by atoms with van der Waals surface area (Å²) in [5.41, 5.74) is 0.219. The molecule has 10 heteroatoms. The van der Waals surface area contributed by atoms with E-state index in [2.05, 4.69) is 10.4 Å². The van der Waals surface area contributed by atoms with Crippen LogP contribution in [0.25, 0.3) is 16.8 Å². The van der Waals surface area contributed by atoms with Gasteiger partial charge in [-0.05, 0) is 36.4 Å². The Kier molecular flexibility index (Phi) is 5.28. The first kappa shape index (κ1) is 20.7. The fraction of sp³-hybridized carbons (Fsp3) is 0.0952. The summed E-state index contributed by atoms with van der Waals surface area (Å²) in [6.07, 6.45) is -1.61. The van der Waals surface area contributed by atoms with Gasteiger partial charge < -0.3 is 9.88 Å². The Balaban J connectivity index is 1.56. The van der Waals surface area contributed by atoms with E-state index in [-0.39, 0.29) is 17.7 Å². The summed E-state index contributed by atoms with van der Waals surface area (Å²) in [6.45, 7) is -0.368. The topological polar surface area (TPSA) is 68.4 Å². The normalized spacial score (nSPS) is 11.6. The Morgan fingerprint density at radius 2 is 1.81 bits per heavy atom. The third-order valence-corrected chi connectivity index (χ3v) is 4.78. The maximum Gasteiger partial charge on any atom is 0.416 e. The van der Waals surface area contributed by atoms with Gasteiger partial charge in [0.15, 0.2) is 0 Å². The van der Waals surface area contributed by atoms with Gasteiger partial charge in [0, 0.05) is 28.7 Å². The predicted molar refractivity (Wildman–Crippen MR) is 110 cm³/mol. The predicted octanol–water partition coefficient (Wildman–Crippen LogP) is 4.47. The molecule has 0 radical (unpaired) electrons. The maximum absolute atomic E-state index is 12.8. The molecule has 0 bridgehead atoms. The van der Waals surface area contributed by atoms with Crippen molar-refractivity contribution in [3.63, 3.8) is 0 Å². The van der Waals surface area contributed by atoms with E-state index in [0.29, 0.717) is 10.7 Å². The zero-order chi connectivity index (χ0) is 22.2. The molecule has 0 aliphatic heterocycles. The number of amides is 1. The van der Waals surface area contributed by atoms with Gasteiger partial charge in [-0.3, -0.25) is 9.59 Å². The minimum atomic E-state index is -4.52. The first-order chi connectivity index (χ1) is 14.7. The van der Waals surface area contributed by atoms with Crippen LogP contribution in [0.2, 0.25) is 5.02 Å². The molecular weight excluding hydrogens is 433 g/mol. The minimum Gasteiger partial charge on any atom is -0.325 e. The Hall–Kier alpha value is -3.59. The quantitative estimate of drug-likeness (QED) is 0.503. The van der Waals surface area contributed by atoms with Gasteiger partial charge in [0.05, 0.1) is 11.3 Å². The van der Waals surface area contributed by atoms with Crippen molar-refractivity contribution in [3.05, 3.63) is 87.9 Å². The third kappa shape index (κ3) is 4.46. The molecule has 158 valence electrons. The van der Waals surface area contributed by atoms with Crippen molar-refractivity contribution in [2.45, 2.75) is 12.7 Å². The number of nitrogens with one attached hydrogen (secondary N) is 1. The first-order valence-corrected chi connectivity index (χ1v) is 9.40. The third-order valence-electron chi connectivity index (χ3n) is 4.53. The summed E-state index contributed by atoms with van der Waals surface area (Å²) < 4.78 is 41.0. The van der Waals surface area contributed by atoms with E-state index in [1.165, 1.54) is 29.0 Å². The number of hydrogen-bond donors (Lipinski definition) is 1. The Morgan fingerprint density at radius 1 is 1.06 bits per heavy atom. The van der Waals surface area contributed by atoms with Crippen LogP contribution in [0.4, 0.5) is 18.9 Å². The molecule has 0 saturated carbocycles. The highest BCUT2D eigenvalue weighted by atomic mass is 35.5. The number of fused-ring (bicyclic) bond motifs is 1. The van der Waals surface area contributed by atoms with Gasteiger partial charge in [0.1, 0.15) is 12.1 Å². The SMILES string of the molecule is O=C(Cn1ccn2nc(-c3ccc(Cl)cc3)cc2c1=O)Nc1cccc(C(F)(F)F)c1. The molecule has 1 amide bonds. The summed E-state index contributed by atoms with van der Waals surface area (Å²) >= 11 is 5.89. The fourth-order valence-electron chi connectivity index (χ4n) is 3.04. The molecule has 0 atom stereocenters. The number of hydrogen-bond acceptors (Lipinski definition) is 3. The molecule has 0 aliphatic carbocycles. The summed E-state index contributed by atoms with van der Waals surface area (Å²) in [4.78, 5) is 25.1. The molecule has 2 heterocycles. The number of anilines is 1. The summed E-state index contributed by atoms with van der Waals surface area (Å²) in [5, 5.41) is 7.30. The van der Waals surface area contributed by atoms with Gasteiger partial charge in [-0.2, -0.15) is 18.3 Å². The standard InChI is InChI=1S/C21H14ClF3N4O2/c22-15-6-4-13(5-7-15)17-11-18-20(31)28(8-9-29(18)27-17)12-19(30)26-16-3-1-2-14(10-16)21(23,24)25/h1-11H,12H2,(H,26,30). The van der Waals surface area contributed by atoms with E-state index in [0.717, 1.165) is 22.3 Å². The largest absolute Gasteiger partial charge is 0.416 e. The number of alkyl halides is 3. The number of aromatic nitrogens is 3. The van der Waals surface area contributed by atoms with Crippen LogP contribution in [0.5, 0.6) is 0 Å². The molecular formula is C21H14ClF3N4O2. The van der Waals surface area contributed by atoms with Crippen LogP contribution < -0.4 is 10.9 Å². The molecule has 2 aromatic heterocycles. The van der Waals surface area contributed by atoms with Crippen molar-refractivity contribution in [1.29, 1.82) is 0 Å². The van der Waals surface area contributed by atoms with Crippen molar-refractivity contribution in [2.75, 3.05) is 5.32 Å². The van der Waals surface area contributed by atoms with Crippen LogP contribution in [0.3, 0.4) is 0 Å². The molecule has 0 spiro atoms. The van der Waals surface area contributed by atoms with E-state index in [1.54, 1.807) is 30.3 Å². The molecule has 0 saturated heterocycles. The van der Waals surface area contributed by atoms with Gasteiger partial charge in [0.2, 0.25) is 5.91 Å². The van der Waals surface area contributed by atoms with E-state index < -0.39 is 23.2 Å². The summed E-state index contributed by atoms with van der Waals surface area (Å²) in [5.74, 6) is -0.636. The second-order valence-corrected chi connectivity index (χ2v) is 7.16. The van der Waals surface area contributed by atoms with Gasteiger partial charge >= 0.3 is 6.18 Å². The second-order valence-electron chi connectivity index (χ2n) is 6.72. The highest BCUT2D eigenvalue weighted by molar-refractivity contribution is 6.30. The molecule has 0 aliphatic rings. The molecule has 2 aromatic carbocycles.